The second-order valence-corrected chi connectivity index (χ2v) is 8.67. The fourth-order valence-corrected chi connectivity index (χ4v) is 3.81. The van der Waals surface area contributed by atoms with Gasteiger partial charge in [-0.25, -0.2) is 9.67 Å². The van der Waals surface area contributed by atoms with E-state index in [-0.39, 0.29) is 18.3 Å². The standard InChI is InChI=1S/C25H24Cl2N4O3/c1-3-16(2)17-7-9-18(10-8-17)33-14-19-11-12-23(34-19)24(32)29-25-28-15-31(30-25)13-20-21(26)5-4-6-22(20)27/h4-12,15-16H,3,13-14H2,1-2H3,(H,29,30,32). The molecule has 1 amide bonds. The molecule has 0 aliphatic heterocycles. The first kappa shape index (κ1) is 23.9. The van der Waals surface area contributed by atoms with E-state index in [9.17, 15) is 4.79 Å². The van der Waals surface area contributed by atoms with Gasteiger partial charge in [0.2, 0.25) is 5.95 Å². The molecule has 2 aromatic heterocycles. The number of carbonyl (C=O) groups excluding carboxylic acids is 1. The first-order chi connectivity index (χ1) is 16.4. The molecule has 0 saturated carbocycles. The van der Waals surface area contributed by atoms with E-state index in [4.69, 9.17) is 32.4 Å². The zero-order chi connectivity index (χ0) is 24.1. The summed E-state index contributed by atoms with van der Waals surface area (Å²) in [6.07, 6.45) is 2.58. The lowest BCUT2D eigenvalue weighted by atomic mass is 9.99. The second kappa shape index (κ2) is 10.8. The number of amides is 1. The summed E-state index contributed by atoms with van der Waals surface area (Å²) in [7, 11) is 0. The van der Waals surface area contributed by atoms with Crippen LogP contribution < -0.4 is 10.1 Å². The van der Waals surface area contributed by atoms with Crippen LogP contribution in [-0.2, 0) is 13.2 Å². The first-order valence-corrected chi connectivity index (χ1v) is 11.6. The monoisotopic (exact) mass is 498 g/mol. The van der Waals surface area contributed by atoms with E-state index in [1.54, 1.807) is 30.3 Å². The Hall–Kier alpha value is -3.29. The van der Waals surface area contributed by atoms with Crippen molar-refractivity contribution in [3.05, 3.63) is 93.6 Å². The molecule has 2 heterocycles. The average molecular weight is 499 g/mol. The number of rotatable bonds is 9. The molecule has 0 saturated heterocycles. The highest BCUT2D eigenvalue weighted by Crippen LogP contribution is 2.25. The number of hydrogen-bond acceptors (Lipinski definition) is 5. The summed E-state index contributed by atoms with van der Waals surface area (Å²) >= 11 is 12.4. The fourth-order valence-electron chi connectivity index (χ4n) is 3.30. The van der Waals surface area contributed by atoms with Crippen LogP contribution in [0.15, 0.2) is 65.3 Å². The maximum absolute atomic E-state index is 12.5. The molecular weight excluding hydrogens is 475 g/mol. The van der Waals surface area contributed by atoms with E-state index in [1.165, 1.54) is 16.6 Å². The van der Waals surface area contributed by atoms with Crippen molar-refractivity contribution in [3.63, 3.8) is 0 Å². The molecule has 0 radical (unpaired) electrons. The van der Waals surface area contributed by atoms with Gasteiger partial charge in [0.05, 0.1) is 6.54 Å². The molecule has 0 aliphatic carbocycles. The first-order valence-electron chi connectivity index (χ1n) is 10.9. The highest BCUT2D eigenvalue weighted by Gasteiger charge is 2.15. The van der Waals surface area contributed by atoms with Crippen LogP contribution in [0.4, 0.5) is 5.95 Å². The summed E-state index contributed by atoms with van der Waals surface area (Å²) in [6, 6.07) is 16.6. The zero-order valence-electron chi connectivity index (χ0n) is 18.8. The lowest BCUT2D eigenvalue weighted by Gasteiger charge is -2.10. The third kappa shape index (κ3) is 5.79. The summed E-state index contributed by atoms with van der Waals surface area (Å²) in [4.78, 5) is 16.6. The van der Waals surface area contributed by atoms with Crippen molar-refractivity contribution in [2.24, 2.45) is 0 Å². The third-order valence-electron chi connectivity index (χ3n) is 5.47. The number of anilines is 1. The van der Waals surface area contributed by atoms with Crippen molar-refractivity contribution < 1.29 is 13.9 Å². The van der Waals surface area contributed by atoms with Crippen molar-refractivity contribution in [3.8, 4) is 5.75 Å². The molecule has 4 rings (SSSR count). The summed E-state index contributed by atoms with van der Waals surface area (Å²) in [6.45, 7) is 4.89. The van der Waals surface area contributed by atoms with Crippen molar-refractivity contribution in [1.29, 1.82) is 0 Å². The maximum atomic E-state index is 12.5. The largest absolute Gasteiger partial charge is 0.486 e. The Kier molecular flexibility index (Phi) is 7.55. The lowest BCUT2D eigenvalue weighted by Crippen LogP contribution is -2.12. The molecule has 34 heavy (non-hydrogen) atoms. The SMILES string of the molecule is CCC(C)c1ccc(OCc2ccc(C(=O)Nc3ncn(Cc4c(Cl)cccc4Cl)n3)o2)cc1. The van der Waals surface area contributed by atoms with Gasteiger partial charge in [-0.3, -0.25) is 10.1 Å². The molecule has 1 atom stereocenters. The van der Waals surface area contributed by atoms with E-state index in [0.717, 1.165) is 17.7 Å². The van der Waals surface area contributed by atoms with E-state index in [1.807, 2.05) is 12.1 Å². The third-order valence-corrected chi connectivity index (χ3v) is 6.18. The van der Waals surface area contributed by atoms with Gasteiger partial charge < -0.3 is 9.15 Å². The van der Waals surface area contributed by atoms with Crippen LogP contribution in [0.3, 0.4) is 0 Å². The molecule has 0 aliphatic rings. The second-order valence-electron chi connectivity index (χ2n) is 7.85. The molecule has 4 aromatic rings. The number of hydrogen-bond donors (Lipinski definition) is 1. The Morgan fingerprint density at radius 2 is 1.85 bits per heavy atom. The molecule has 0 bridgehead atoms. The fraction of sp³-hybridized carbons (Fsp3) is 0.240. The Labute approximate surface area is 207 Å². The van der Waals surface area contributed by atoms with Gasteiger partial charge in [-0.15, -0.1) is 5.10 Å². The summed E-state index contributed by atoms with van der Waals surface area (Å²) in [5.74, 6) is 1.60. The number of nitrogens with one attached hydrogen (secondary N) is 1. The summed E-state index contributed by atoms with van der Waals surface area (Å²) in [5, 5.41) is 7.94. The Balaban J connectivity index is 1.32. The lowest BCUT2D eigenvalue weighted by molar-refractivity contribution is 0.0991. The van der Waals surface area contributed by atoms with Crippen LogP contribution in [0.2, 0.25) is 10.0 Å². The van der Waals surface area contributed by atoms with Gasteiger partial charge in [0.25, 0.3) is 5.91 Å². The molecule has 176 valence electrons. The summed E-state index contributed by atoms with van der Waals surface area (Å²) in [5.41, 5.74) is 2.00. The number of aromatic nitrogens is 3. The summed E-state index contributed by atoms with van der Waals surface area (Å²) < 4.78 is 12.9. The zero-order valence-corrected chi connectivity index (χ0v) is 20.3. The number of furan rings is 1. The Morgan fingerprint density at radius 3 is 2.56 bits per heavy atom. The number of ether oxygens (including phenoxy) is 1. The number of carbonyl (C=O) groups is 1. The van der Waals surface area contributed by atoms with Crippen LogP contribution in [0.5, 0.6) is 5.75 Å². The minimum absolute atomic E-state index is 0.135. The highest BCUT2D eigenvalue weighted by atomic mass is 35.5. The smallest absolute Gasteiger partial charge is 0.293 e. The van der Waals surface area contributed by atoms with Gasteiger partial charge in [-0.2, -0.15) is 0 Å². The maximum Gasteiger partial charge on any atom is 0.293 e. The van der Waals surface area contributed by atoms with E-state index < -0.39 is 5.91 Å². The van der Waals surface area contributed by atoms with Gasteiger partial charge in [-0.05, 0) is 54.3 Å². The number of halogens is 2. The molecule has 2 aromatic carbocycles. The van der Waals surface area contributed by atoms with Gasteiger partial charge in [0.1, 0.15) is 24.4 Å². The minimum Gasteiger partial charge on any atom is -0.486 e. The van der Waals surface area contributed by atoms with E-state index in [2.05, 4.69) is 41.4 Å². The molecule has 0 fully saturated rings. The van der Waals surface area contributed by atoms with Crippen molar-refractivity contribution >= 4 is 35.1 Å². The van der Waals surface area contributed by atoms with Crippen molar-refractivity contribution in [2.75, 3.05) is 5.32 Å². The average Bonchev–Trinajstić information content (AvgIpc) is 3.49. The van der Waals surface area contributed by atoms with Crippen LogP contribution in [-0.4, -0.2) is 20.7 Å². The van der Waals surface area contributed by atoms with E-state index in [0.29, 0.717) is 28.3 Å². The predicted octanol–water partition coefficient (Wildman–Crippen LogP) is 6.57. The normalized spacial score (nSPS) is 11.9. The van der Waals surface area contributed by atoms with Crippen LogP contribution in [0, 0.1) is 0 Å². The van der Waals surface area contributed by atoms with Crippen LogP contribution in [0.25, 0.3) is 0 Å². The van der Waals surface area contributed by atoms with Gasteiger partial charge in [-0.1, -0.05) is 55.2 Å². The van der Waals surface area contributed by atoms with Gasteiger partial charge in [0, 0.05) is 15.6 Å². The van der Waals surface area contributed by atoms with Crippen molar-refractivity contribution in [1.82, 2.24) is 14.8 Å². The topological polar surface area (TPSA) is 82.2 Å². The Bertz CT molecular complexity index is 1250. The van der Waals surface area contributed by atoms with Crippen molar-refractivity contribution in [2.45, 2.75) is 39.3 Å². The highest BCUT2D eigenvalue weighted by molar-refractivity contribution is 6.35. The van der Waals surface area contributed by atoms with Gasteiger partial charge >= 0.3 is 0 Å². The number of benzene rings is 2. The van der Waals surface area contributed by atoms with E-state index >= 15 is 0 Å². The number of nitrogens with zero attached hydrogens (tertiary/aromatic N) is 3. The van der Waals surface area contributed by atoms with Crippen LogP contribution in [0.1, 0.15) is 53.6 Å². The quantitative estimate of drug-likeness (QED) is 0.282. The molecule has 1 N–H and O–H groups in total. The minimum atomic E-state index is -0.460. The molecule has 1 unspecified atom stereocenters. The molecular formula is C25H24Cl2N4O3. The molecule has 0 spiro atoms. The predicted molar refractivity (Wildman–Crippen MR) is 132 cm³/mol. The molecule has 7 nitrogen and oxygen atoms in total. The van der Waals surface area contributed by atoms with Gasteiger partial charge in [0.15, 0.2) is 5.76 Å². The Morgan fingerprint density at radius 1 is 1.12 bits per heavy atom. The molecule has 9 heteroatoms. The van der Waals surface area contributed by atoms with Crippen LogP contribution >= 0.6 is 23.2 Å².